The average Bonchev–Trinajstić information content (AvgIpc) is 2.81. The SMILES string of the molecule is CN=C(/N=C1\CC=CC=C1c1ccc(F)c(F)c1)NC1CCN(c2cc(C)ncn2)CC1. The van der Waals surface area contributed by atoms with E-state index >= 15 is 0 Å². The van der Waals surface area contributed by atoms with Crippen molar-refractivity contribution in [2.45, 2.75) is 32.2 Å². The lowest BCUT2D eigenvalue weighted by atomic mass is 9.95. The quantitative estimate of drug-likeness (QED) is 0.581. The van der Waals surface area contributed by atoms with Gasteiger partial charge in [-0.05, 0) is 37.5 Å². The summed E-state index contributed by atoms with van der Waals surface area (Å²) in [5.74, 6) is -0.235. The highest BCUT2D eigenvalue weighted by atomic mass is 19.2. The second-order valence-electron chi connectivity index (χ2n) is 7.87. The van der Waals surface area contributed by atoms with E-state index in [2.05, 4.69) is 25.2 Å². The molecule has 0 amide bonds. The van der Waals surface area contributed by atoms with Crippen LogP contribution in [-0.4, -0.2) is 47.8 Å². The number of nitrogens with one attached hydrogen (secondary N) is 1. The summed E-state index contributed by atoms with van der Waals surface area (Å²) in [7, 11) is 1.70. The molecular weight excluding hydrogens is 410 g/mol. The van der Waals surface area contributed by atoms with Gasteiger partial charge in [0, 0.05) is 49.9 Å². The summed E-state index contributed by atoms with van der Waals surface area (Å²) in [4.78, 5) is 19.9. The molecule has 166 valence electrons. The van der Waals surface area contributed by atoms with E-state index in [1.54, 1.807) is 19.4 Å². The van der Waals surface area contributed by atoms with Crippen LogP contribution >= 0.6 is 0 Å². The Balaban J connectivity index is 1.43. The number of anilines is 1. The molecule has 2 aliphatic rings. The minimum Gasteiger partial charge on any atom is -0.356 e. The van der Waals surface area contributed by atoms with E-state index in [0.717, 1.165) is 54.8 Å². The zero-order valence-corrected chi connectivity index (χ0v) is 18.2. The lowest BCUT2D eigenvalue weighted by molar-refractivity contribution is 0.463. The molecule has 0 atom stereocenters. The number of hydrogen-bond donors (Lipinski definition) is 1. The van der Waals surface area contributed by atoms with E-state index in [9.17, 15) is 8.78 Å². The number of halogens is 2. The number of guanidine groups is 1. The molecule has 8 heteroatoms. The summed E-state index contributed by atoms with van der Waals surface area (Å²) in [6.45, 7) is 3.72. The number of piperidine rings is 1. The highest BCUT2D eigenvalue weighted by Crippen LogP contribution is 2.24. The Bertz CT molecular complexity index is 1100. The predicted octanol–water partition coefficient (Wildman–Crippen LogP) is 4.09. The van der Waals surface area contributed by atoms with Gasteiger partial charge in [-0.3, -0.25) is 4.99 Å². The zero-order valence-electron chi connectivity index (χ0n) is 18.2. The van der Waals surface area contributed by atoms with Gasteiger partial charge in [-0.1, -0.05) is 24.3 Å². The van der Waals surface area contributed by atoms with E-state index in [4.69, 9.17) is 4.99 Å². The molecule has 1 aromatic carbocycles. The summed E-state index contributed by atoms with van der Waals surface area (Å²) in [5, 5.41) is 3.45. The fraction of sp³-hybridized carbons (Fsp3) is 0.333. The maximum Gasteiger partial charge on any atom is 0.218 e. The van der Waals surface area contributed by atoms with Crippen LogP contribution < -0.4 is 10.2 Å². The number of nitrogens with zero attached hydrogens (tertiary/aromatic N) is 5. The predicted molar refractivity (Wildman–Crippen MR) is 124 cm³/mol. The Morgan fingerprint density at radius 3 is 2.66 bits per heavy atom. The first-order valence-electron chi connectivity index (χ1n) is 10.7. The topological polar surface area (TPSA) is 65.8 Å². The van der Waals surface area contributed by atoms with Crippen molar-refractivity contribution in [3.63, 3.8) is 0 Å². The second kappa shape index (κ2) is 9.80. The van der Waals surface area contributed by atoms with Crippen LogP contribution in [-0.2, 0) is 0 Å². The van der Waals surface area contributed by atoms with Crippen LogP contribution in [0.1, 0.15) is 30.5 Å². The molecule has 4 rings (SSSR count). The highest BCUT2D eigenvalue weighted by Gasteiger charge is 2.22. The minimum absolute atomic E-state index is 0.243. The number of aromatic nitrogens is 2. The Morgan fingerprint density at radius 2 is 1.94 bits per heavy atom. The van der Waals surface area contributed by atoms with Crippen LogP contribution in [0, 0.1) is 18.6 Å². The molecule has 32 heavy (non-hydrogen) atoms. The maximum atomic E-state index is 13.8. The van der Waals surface area contributed by atoms with Crippen LogP contribution in [0.4, 0.5) is 14.6 Å². The van der Waals surface area contributed by atoms with Crippen LogP contribution in [0.5, 0.6) is 0 Å². The summed E-state index contributed by atoms with van der Waals surface area (Å²) in [6, 6.07) is 6.16. The van der Waals surface area contributed by atoms with Gasteiger partial charge in [0.05, 0.1) is 5.71 Å². The summed E-state index contributed by atoms with van der Waals surface area (Å²) >= 11 is 0. The third-order valence-electron chi connectivity index (χ3n) is 5.65. The van der Waals surface area contributed by atoms with Crippen molar-refractivity contribution in [2.24, 2.45) is 9.98 Å². The van der Waals surface area contributed by atoms with Crippen molar-refractivity contribution in [1.82, 2.24) is 15.3 Å². The molecule has 1 aromatic heterocycles. The molecule has 1 fully saturated rings. The highest BCUT2D eigenvalue weighted by molar-refractivity contribution is 6.27. The van der Waals surface area contributed by atoms with E-state index in [1.165, 1.54) is 6.07 Å². The molecule has 0 unspecified atom stereocenters. The van der Waals surface area contributed by atoms with Gasteiger partial charge in [0.25, 0.3) is 0 Å². The monoisotopic (exact) mass is 436 g/mol. The smallest absolute Gasteiger partial charge is 0.218 e. The molecule has 1 saturated heterocycles. The molecule has 1 N–H and O–H groups in total. The number of aryl methyl sites for hydroxylation is 1. The normalized spacial score (nSPS) is 18.8. The molecule has 0 radical (unpaired) electrons. The molecule has 2 aromatic rings. The number of aliphatic imine (C=N–C) groups is 2. The van der Waals surface area contributed by atoms with Crippen molar-refractivity contribution in [2.75, 3.05) is 25.0 Å². The average molecular weight is 437 g/mol. The Morgan fingerprint density at radius 1 is 1.12 bits per heavy atom. The molecule has 1 aliphatic carbocycles. The van der Waals surface area contributed by atoms with E-state index in [-0.39, 0.29) is 6.04 Å². The lowest BCUT2D eigenvalue weighted by Gasteiger charge is -2.33. The van der Waals surface area contributed by atoms with E-state index < -0.39 is 11.6 Å². The Hall–Kier alpha value is -3.42. The van der Waals surface area contributed by atoms with Crippen LogP contribution in [0.2, 0.25) is 0 Å². The molecule has 0 spiro atoms. The summed E-state index contributed by atoms with van der Waals surface area (Å²) in [5.41, 5.74) is 3.08. The molecule has 0 bridgehead atoms. The third-order valence-corrected chi connectivity index (χ3v) is 5.65. The van der Waals surface area contributed by atoms with Gasteiger partial charge in [0.1, 0.15) is 12.1 Å². The minimum atomic E-state index is -0.870. The van der Waals surface area contributed by atoms with Crippen molar-refractivity contribution >= 4 is 23.1 Å². The first kappa shape index (κ1) is 21.8. The van der Waals surface area contributed by atoms with E-state index in [1.807, 2.05) is 31.2 Å². The van der Waals surface area contributed by atoms with Crippen molar-refractivity contribution < 1.29 is 8.78 Å². The van der Waals surface area contributed by atoms with Crippen LogP contribution in [0.15, 0.2) is 58.8 Å². The third kappa shape index (κ3) is 5.07. The van der Waals surface area contributed by atoms with Crippen LogP contribution in [0.25, 0.3) is 5.57 Å². The van der Waals surface area contributed by atoms with Gasteiger partial charge in [-0.2, -0.15) is 0 Å². The van der Waals surface area contributed by atoms with Crippen molar-refractivity contribution in [1.29, 1.82) is 0 Å². The number of rotatable bonds is 3. The zero-order chi connectivity index (χ0) is 22.5. The summed E-state index contributed by atoms with van der Waals surface area (Å²) in [6.07, 6.45) is 9.80. The Kier molecular flexibility index (Phi) is 6.68. The van der Waals surface area contributed by atoms with Gasteiger partial charge in [-0.25, -0.2) is 23.7 Å². The standard InChI is InChI=1S/C24H26F2N6/c1-16-13-23(29-15-28-16)32-11-9-18(10-12-32)30-24(27-2)31-22-6-4-3-5-19(22)17-7-8-20(25)21(26)14-17/h3-5,7-8,13-15,18H,6,9-12H2,1-2H3,(H,27,30)/b31-22+. The molecule has 6 nitrogen and oxygen atoms in total. The molecule has 0 saturated carbocycles. The first-order chi connectivity index (χ1) is 15.5. The Labute approximate surface area is 186 Å². The second-order valence-corrected chi connectivity index (χ2v) is 7.87. The van der Waals surface area contributed by atoms with Gasteiger partial charge >= 0.3 is 0 Å². The number of benzene rings is 1. The van der Waals surface area contributed by atoms with Crippen molar-refractivity contribution in [3.8, 4) is 0 Å². The van der Waals surface area contributed by atoms with Gasteiger partial charge in [0.2, 0.25) is 5.96 Å². The fourth-order valence-corrected chi connectivity index (χ4v) is 3.91. The maximum absolute atomic E-state index is 13.8. The summed E-state index contributed by atoms with van der Waals surface area (Å²) < 4.78 is 27.1. The van der Waals surface area contributed by atoms with Gasteiger partial charge in [-0.15, -0.1) is 0 Å². The molecule has 2 heterocycles. The molecule has 1 aliphatic heterocycles. The van der Waals surface area contributed by atoms with E-state index in [0.29, 0.717) is 17.9 Å². The molecular formula is C24H26F2N6. The lowest BCUT2D eigenvalue weighted by Crippen LogP contribution is -2.44. The van der Waals surface area contributed by atoms with Gasteiger partial charge < -0.3 is 10.2 Å². The number of hydrogen-bond acceptors (Lipinski definition) is 4. The fourth-order valence-electron chi connectivity index (χ4n) is 3.91. The van der Waals surface area contributed by atoms with Crippen molar-refractivity contribution in [3.05, 3.63) is 71.7 Å². The largest absolute Gasteiger partial charge is 0.356 e. The number of allylic oxidation sites excluding steroid dienone is 4. The van der Waals surface area contributed by atoms with Gasteiger partial charge in [0.15, 0.2) is 11.6 Å². The van der Waals surface area contributed by atoms with Crippen LogP contribution in [0.3, 0.4) is 0 Å². The first-order valence-corrected chi connectivity index (χ1v) is 10.7.